The minimum atomic E-state index is 0.0505. The predicted molar refractivity (Wildman–Crippen MR) is 182 cm³/mol. The molecule has 0 heterocycles. The van der Waals surface area contributed by atoms with Crippen LogP contribution in [0.3, 0.4) is 0 Å². The number of ketones is 1. The zero-order chi connectivity index (χ0) is 30.6. The molecule has 2 aliphatic rings. The Morgan fingerprint density at radius 1 is 0.732 bits per heavy atom. The molecule has 2 aliphatic carbocycles. The van der Waals surface area contributed by atoms with E-state index in [9.17, 15) is 4.79 Å². The van der Waals surface area contributed by atoms with Crippen LogP contribution in [0.15, 0.2) is 130 Å². The smallest absolute Gasteiger partial charge is 0.158 e. The summed E-state index contributed by atoms with van der Waals surface area (Å²) >= 11 is 0. The molecule has 1 unspecified atom stereocenters. The number of Topliss-reactive ketones (excluding diaryl/α,β-unsaturated/α-hetero) is 1. The summed E-state index contributed by atoms with van der Waals surface area (Å²) in [6.45, 7) is 21.9. The highest BCUT2D eigenvalue weighted by molar-refractivity contribution is 5.97. The zero-order valence-electron chi connectivity index (χ0n) is 27.5. The molecule has 220 valence electrons. The average Bonchev–Trinajstić information content (AvgIpc) is 2.88. The molecule has 0 bridgehead atoms. The van der Waals surface area contributed by atoms with Crippen molar-refractivity contribution in [2.24, 2.45) is 16.7 Å². The summed E-state index contributed by atoms with van der Waals surface area (Å²) in [6.07, 6.45) is 36.5. The molecule has 0 aromatic rings. The second-order valence-electron chi connectivity index (χ2n) is 13.2. The van der Waals surface area contributed by atoms with Gasteiger partial charge in [-0.2, -0.15) is 0 Å². The Morgan fingerprint density at radius 2 is 1.24 bits per heavy atom. The summed E-state index contributed by atoms with van der Waals surface area (Å²) < 4.78 is 0. The second-order valence-corrected chi connectivity index (χ2v) is 13.2. The number of hydrogen-bond acceptors (Lipinski definition) is 1. The van der Waals surface area contributed by atoms with Crippen molar-refractivity contribution in [3.63, 3.8) is 0 Å². The molecule has 0 radical (unpaired) electrons. The van der Waals surface area contributed by atoms with Crippen molar-refractivity contribution in [1.82, 2.24) is 0 Å². The van der Waals surface area contributed by atoms with Gasteiger partial charge in [0.15, 0.2) is 5.78 Å². The van der Waals surface area contributed by atoms with Crippen LogP contribution in [-0.2, 0) is 4.79 Å². The molecule has 0 N–H and O–H groups in total. The summed E-state index contributed by atoms with van der Waals surface area (Å²) in [5.41, 5.74) is 8.78. The lowest BCUT2D eigenvalue weighted by molar-refractivity contribution is -0.116. The molecule has 0 fully saturated rings. The summed E-state index contributed by atoms with van der Waals surface area (Å²) in [5, 5.41) is 0. The van der Waals surface area contributed by atoms with Crippen molar-refractivity contribution in [3.05, 3.63) is 130 Å². The van der Waals surface area contributed by atoms with E-state index < -0.39 is 0 Å². The molecule has 2 rings (SSSR count). The number of carbonyl (C=O) groups is 1. The van der Waals surface area contributed by atoms with Gasteiger partial charge >= 0.3 is 0 Å². The van der Waals surface area contributed by atoms with Gasteiger partial charge in [0.1, 0.15) is 0 Å². The van der Waals surface area contributed by atoms with E-state index in [-0.39, 0.29) is 11.2 Å². The molecule has 0 aromatic carbocycles. The van der Waals surface area contributed by atoms with Crippen LogP contribution in [0.25, 0.3) is 0 Å². The van der Waals surface area contributed by atoms with Crippen molar-refractivity contribution in [1.29, 1.82) is 0 Å². The molecule has 0 amide bonds. The standard InChI is InChI=1S/C40H54O/c1-30(18-13-20-32(3)23-25-36-34(5)22-15-28-39(36,7)8)16-11-12-17-31(2)19-14-21-33(4)24-26-37-35(6)38(41)27-29-40(37,9)10/h11-14,16-26,36H,15,27-29H2,1-10H3/b12-11+,18-13+,19-14+,25-23+,26-24+,30-16+,31-17+,32-20+,33-21+. The first-order valence-corrected chi connectivity index (χ1v) is 15.2. The third kappa shape index (κ3) is 11.3. The van der Waals surface area contributed by atoms with Gasteiger partial charge in [0.05, 0.1) is 0 Å². The molecule has 1 atom stereocenters. The lowest BCUT2D eigenvalue weighted by atomic mass is 9.68. The van der Waals surface area contributed by atoms with E-state index in [4.69, 9.17) is 0 Å². The van der Waals surface area contributed by atoms with Crippen LogP contribution in [0.2, 0.25) is 0 Å². The zero-order valence-corrected chi connectivity index (χ0v) is 27.5. The fourth-order valence-electron chi connectivity index (χ4n) is 5.54. The van der Waals surface area contributed by atoms with Crippen molar-refractivity contribution >= 4 is 5.78 Å². The SMILES string of the molecule is CC1=CCCC(C)(C)C1/C=C/C(C)=C/C=C/C(C)=C/C=C/C=C(C)/C=C/C=C(C)/C=C/C1=C(C)C(=O)CCC1(C)C. The number of carbonyl (C=O) groups excluding carboxylic acids is 1. The van der Waals surface area contributed by atoms with Crippen molar-refractivity contribution in [3.8, 4) is 0 Å². The monoisotopic (exact) mass is 550 g/mol. The quantitative estimate of drug-likeness (QED) is 0.195. The van der Waals surface area contributed by atoms with Gasteiger partial charge in [-0.25, -0.2) is 0 Å². The van der Waals surface area contributed by atoms with E-state index in [0.717, 1.165) is 17.6 Å². The maximum atomic E-state index is 12.2. The number of hydrogen-bond donors (Lipinski definition) is 0. The largest absolute Gasteiger partial charge is 0.295 e. The molecule has 0 aromatic heterocycles. The summed E-state index contributed by atoms with van der Waals surface area (Å²) in [7, 11) is 0. The topological polar surface area (TPSA) is 17.1 Å². The molecule has 41 heavy (non-hydrogen) atoms. The van der Waals surface area contributed by atoms with Crippen molar-refractivity contribution < 1.29 is 4.79 Å². The Balaban J connectivity index is 1.90. The normalized spacial score (nSPS) is 23.3. The third-order valence-electron chi connectivity index (χ3n) is 8.45. The van der Waals surface area contributed by atoms with E-state index in [1.165, 1.54) is 40.7 Å². The van der Waals surface area contributed by atoms with E-state index >= 15 is 0 Å². The first-order chi connectivity index (χ1) is 19.2. The van der Waals surface area contributed by atoms with E-state index in [0.29, 0.717) is 17.8 Å². The minimum Gasteiger partial charge on any atom is -0.295 e. The average molecular weight is 551 g/mol. The van der Waals surface area contributed by atoms with Gasteiger partial charge in [0.2, 0.25) is 0 Å². The second kappa shape index (κ2) is 15.7. The van der Waals surface area contributed by atoms with Gasteiger partial charge in [-0.1, -0.05) is 147 Å². The lowest BCUT2D eigenvalue weighted by Gasteiger charge is -2.36. The van der Waals surface area contributed by atoms with Gasteiger partial charge in [-0.3, -0.25) is 4.79 Å². The Hall–Kier alpha value is -3.19. The first kappa shape index (κ1) is 34.0. The van der Waals surface area contributed by atoms with Crippen LogP contribution in [0, 0.1) is 16.7 Å². The maximum Gasteiger partial charge on any atom is 0.158 e. The fourth-order valence-corrected chi connectivity index (χ4v) is 5.54. The van der Waals surface area contributed by atoms with Crippen molar-refractivity contribution in [2.45, 2.75) is 94.9 Å². The van der Waals surface area contributed by atoms with Crippen LogP contribution < -0.4 is 0 Å². The van der Waals surface area contributed by atoms with Crippen LogP contribution in [0.4, 0.5) is 0 Å². The summed E-state index contributed by atoms with van der Waals surface area (Å²) in [5.74, 6) is 0.801. The Bertz CT molecular complexity index is 1280. The molecule has 0 aliphatic heterocycles. The minimum absolute atomic E-state index is 0.0505. The number of rotatable bonds is 10. The molecule has 0 saturated heterocycles. The molecule has 0 spiro atoms. The molecular weight excluding hydrogens is 496 g/mol. The van der Waals surface area contributed by atoms with Crippen LogP contribution in [0.1, 0.15) is 94.9 Å². The lowest BCUT2D eigenvalue weighted by Crippen LogP contribution is -2.26. The van der Waals surface area contributed by atoms with Gasteiger partial charge in [-0.05, 0) is 82.8 Å². The highest BCUT2D eigenvalue weighted by Gasteiger charge is 2.31. The van der Waals surface area contributed by atoms with Gasteiger partial charge in [0.25, 0.3) is 0 Å². The molecular formula is C40H54O. The highest BCUT2D eigenvalue weighted by Crippen LogP contribution is 2.42. The predicted octanol–water partition coefficient (Wildman–Crippen LogP) is 11.6. The third-order valence-corrected chi connectivity index (χ3v) is 8.45. The van der Waals surface area contributed by atoms with E-state index in [1.807, 2.05) is 6.92 Å². The van der Waals surface area contributed by atoms with Crippen LogP contribution in [0.5, 0.6) is 0 Å². The van der Waals surface area contributed by atoms with Gasteiger partial charge in [0, 0.05) is 12.3 Å². The van der Waals surface area contributed by atoms with Gasteiger partial charge in [-0.15, -0.1) is 0 Å². The van der Waals surface area contributed by atoms with Gasteiger partial charge < -0.3 is 0 Å². The van der Waals surface area contributed by atoms with Crippen LogP contribution >= 0.6 is 0 Å². The maximum absolute atomic E-state index is 12.2. The van der Waals surface area contributed by atoms with E-state index in [1.54, 1.807) is 0 Å². The summed E-state index contributed by atoms with van der Waals surface area (Å²) in [4.78, 5) is 12.2. The van der Waals surface area contributed by atoms with Crippen LogP contribution in [-0.4, -0.2) is 5.78 Å². The van der Waals surface area contributed by atoms with E-state index in [2.05, 4.69) is 153 Å². The van der Waals surface area contributed by atoms with Crippen molar-refractivity contribution in [2.75, 3.05) is 0 Å². The number of allylic oxidation sites excluding steroid dienone is 22. The fraction of sp³-hybridized carbons (Fsp3) is 0.425. The highest BCUT2D eigenvalue weighted by atomic mass is 16.1. The Kier molecular flexibility index (Phi) is 13.0. The molecule has 1 heteroatoms. The first-order valence-electron chi connectivity index (χ1n) is 15.2. The Morgan fingerprint density at radius 3 is 1.80 bits per heavy atom. The summed E-state index contributed by atoms with van der Waals surface area (Å²) in [6, 6.07) is 0. The molecule has 1 nitrogen and oxygen atoms in total. The molecule has 0 saturated carbocycles. The Labute approximate surface area is 252 Å².